The summed E-state index contributed by atoms with van der Waals surface area (Å²) in [7, 11) is 1.31. The molecule has 13 heteroatoms. The van der Waals surface area contributed by atoms with Gasteiger partial charge in [0.2, 0.25) is 0 Å². The van der Waals surface area contributed by atoms with Gasteiger partial charge in [-0.3, -0.25) is 19.8 Å². The van der Waals surface area contributed by atoms with E-state index in [9.17, 15) is 23.6 Å². The number of rotatable bonds is 5. The highest BCUT2D eigenvalue weighted by molar-refractivity contribution is 6.08. The number of methoxy groups -OCH3 is 1. The maximum Gasteiger partial charge on any atom is 0.323 e. The highest BCUT2D eigenvalue weighted by Crippen LogP contribution is 2.37. The van der Waals surface area contributed by atoms with Crippen molar-refractivity contribution in [3.05, 3.63) is 46.9 Å². The standard InChI is InChI=1S/C24H23FN6O6/c1-36-15-4-3-12-10-30(20(32)18(12)19(15)25)11-24(21(33)28-22(34)29-24)16-9-13-14(37-16)5-6-17(27-13)31-8-2-7-26-23(31)35/h3-6,16H,2,7-11H2,1H3,(H,26,35)(H2,28,29,33,34)/t16?,24-/m0/s1. The molecule has 1 unspecified atom stereocenters. The molecule has 0 radical (unpaired) electrons. The molecule has 2 aromatic rings. The highest BCUT2D eigenvalue weighted by Gasteiger charge is 2.57. The fourth-order valence-corrected chi connectivity index (χ4v) is 5.30. The second-order valence-electron chi connectivity index (χ2n) is 9.32. The van der Waals surface area contributed by atoms with E-state index in [1.807, 2.05) is 0 Å². The minimum Gasteiger partial charge on any atom is -0.494 e. The van der Waals surface area contributed by atoms with Crippen LogP contribution in [0.25, 0.3) is 0 Å². The summed E-state index contributed by atoms with van der Waals surface area (Å²) in [4.78, 5) is 58.3. The van der Waals surface area contributed by atoms with Crippen molar-refractivity contribution in [2.75, 3.05) is 31.6 Å². The number of hydrogen-bond acceptors (Lipinski definition) is 7. The largest absolute Gasteiger partial charge is 0.494 e. The third-order valence-electron chi connectivity index (χ3n) is 7.16. The number of anilines is 1. The summed E-state index contributed by atoms with van der Waals surface area (Å²) in [6, 6.07) is 5.39. The number of imide groups is 1. The molecule has 6 amide bonds. The molecule has 2 fully saturated rings. The van der Waals surface area contributed by atoms with E-state index in [1.54, 1.807) is 18.2 Å². The van der Waals surface area contributed by atoms with Crippen LogP contribution in [-0.2, 0) is 17.8 Å². The molecule has 1 aromatic heterocycles. The molecule has 0 saturated carbocycles. The molecule has 192 valence electrons. The number of aromatic nitrogens is 1. The molecule has 0 spiro atoms. The van der Waals surface area contributed by atoms with E-state index < -0.39 is 35.3 Å². The molecular weight excluding hydrogens is 487 g/mol. The first kappa shape index (κ1) is 23.0. The highest BCUT2D eigenvalue weighted by atomic mass is 19.1. The SMILES string of the molecule is COc1ccc2c(c1F)C(=O)N(C[C@@]1(C3Cc4nc(N5CCCNC5=O)ccc4O3)NC(=O)NC1=O)C2. The monoisotopic (exact) mass is 510 g/mol. The summed E-state index contributed by atoms with van der Waals surface area (Å²) in [5.41, 5.74) is -0.800. The number of hydrogen-bond donors (Lipinski definition) is 3. The zero-order chi connectivity index (χ0) is 25.9. The quantitative estimate of drug-likeness (QED) is 0.503. The summed E-state index contributed by atoms with van der Waals surface area (Å²) in [6.07, 6.45) is 0.0176. The number of pyridine rings is 1. The molecule has 0 aliphatic carbocycles. The number of fused-ring (bicyclic) bond motifs is 2. The Kier molecular flexibility index (Phi) is 5.17. The Morgan fingerprint density at radius 2 is 2.05 bits per heavy atom. The van der Waals surface area contributed by atoms with Gasteiger partial charge in [0.1, 0.15) is 17.7 Å². The maximum atomic E-state index is 14.9. The molecule has 0 bridgehead atoms. The first-order valence-corrected chi connectivity index (χ1v) is 11.8. The molecule has 1 aromatic carbocycles. The van der Waals surface area contributed by atoms with Crippen LogP contribution in [-0.4, -0.2) is 72.1 Å². The number of carbonyl (C=O) groups excluding carboxylic acids is 4. The third kappa shape index (κ3) is 3.52. The summed E-state index contributed by atoms with van der Waals surface area (Å²) in [5, 5.41) is 7.66. The number of nitrogens with zero attached hydrogens (tertiary/aromatic N) is 3. The lowest BCUT2D eigenvalue weighted by Gasteiger charge is -2.34. The zero-order valence-corrected chi connectivity index (χ0v) is 19.8. The first-order chi connectivity index (χ1) is 17.8. The Hall–Kier alpha value is -4.42. The van der Waals surface area contributed by atoms with Crippen LogP contribution in [0.1, 0.15) is 28.0 Å². The maximum absolute atomic E-state index is 14.9. The van der Waals surface area contributed by atoms with Crippen molar-refractivity contribution < 1.29 is 33.0 Å². The predicted molar refractivity (Wildman–Crippen MR) is 125 cm³/mol. The van der Waals surface area contributed by atoms with Gasteiger partial charge in [-0.25, -0.2) is 19.0 Å². The van der Waals surface area contributed by atoms with E-state index in [2.05, 4.69) is 20.9 Å². The fourth-order valence-electron chi connectivity index (χ4n) is 5.30. The molecule has 4 aliphatic rings. The molecule has 37 heavy (non-hydrogen) atoms. The second kappa shape index (κ2) is 8.32. The molecular formula is C24H23FN6O6. The minimum absolute atomic E-state index is 0.0477. The zero-order valence-electron chi connectivity index (χ0n) is 19.8. The second-order valence-corrected chi connectivity index (χ2v) is 9.32. The molecule has 6 rings (SSSR count). The van der Waals surface area contributed by atoms with Gasteiger partial charge in [-0.1, -0.05) is 6.07 Å². The van der Waals surface area contributed by atoms with Crippen LogP contribution < -0.4 is 30.3 Å². The number of nitrogens with one attached hydrogen (secondary N) is 3. The Labute approximate surface area is 210 Å². The van der Waals surface area contributed by atoms with Gasteiger partial charge in [-0.05, 0) is 30.2 Å². The van der Waals surface area contributed by atoms with Crippen LogP contribution in [0.15, 0.2) is 24.3 Å². The Bertz CT molecular complexity index is 1370. The van der Waals surface area contributed by atoms with Gasteiger partial charge in [0.15, 0.2) is 17.1 Å². The first-order valence-electron chi connectivity index (χ1n) is 11.8. The lowest BCUT2D eigenvalue weighted by Crippen LogP contribution is -2.64. The number of halogens is 1. The summed E-state index contributed by atoms with van der Waals surface area (Å²) in [5.74, 6) is -1.26. The van der Waals surface area contributed by atoms with E-state index in [4.69, 9.17) is 9.47 Å². The van der Waals surface area contributed by atoms with E-state index in [0.29, 0.717) is 35.9 Å². The fraction of sp³-hybridized carbons (Fsp3) is 0.375. The van der Waals surface area contributed by atoms with Crippen LogP contribution in [0, 0.1) is 5.82 Å². The van der Waals surface area contributed by atoms with Crippen LogP contribution in [0.3, 0.4) is 0 Å². The lowest BCUT2D eigenvalue weighted by atomic mass is 9.89. The van der Waals surface area contributed by atoms with Gasteiger partial charge >= 0.3 is 12.1 Å². The molecule has 4 aliphatic heterocycles. The van der Waals surface area contributed by atoms with E-state index in [-0.39, 0.29) is 36.9 Å². The number of benzene rings is 1. The molecule has 2 saturated heterocycles. The van der Waals surface area contributed by atoms with Gasteiger partial charge in [-0.15, -0.1) is 0 Å². The van der Waals surface area contributed by atoms with Gasteiger partial charge < -0.3 is 25.0 Å². The van der Waals surface area contributed by atoms with Crippen molar-refractivity contribution >= 4 is 29.7 Å². The Morgan fingerprint density at radius 3 is 2.78 bits per heavy atom. The van der Waals surface area contributed by atoms with Crippen LogP contribution in [0.2, 0.25) is 0 Å². The lowest BCUT2D eigenvalue weighted by molar-refractivity contribution is -0.127. The Morgan fingerprint density at radius 1 is 1.22 bits per heavy atom. The number of amides is 6. The van der Waals surface area contributed by atoms with Crippen molar-refractivity contribution in [2.24, 2.45) is 0 Å². The molecule has 5 heterocycles. The van der Waals surface area contributed by atoms with Crippen LogP contribution in [0.4, 0.5) is 19.8 Å². The van der Waals surface area contributed by atoms with E-state index in [0.717, 1.165) is 6.42 Å². The van der Waals surface area contributed by atoms with Gasteiger partial charge in [0.05, 0.1) is 24.9 Å². The van der Waals surface area contributed by atoms with Crippen molar-refractivity contribution in [1.82, 2.24) is 25.8 Å². The van der Waals surface area contributed by atoms with Crippen molar-refractivity contribution in [2.45, 2.75) is 31.0 Å². The summed E-state index contributed by atoms with van der Waals surface area (Å²) >= 11 is 0. The number of ether oxygens (including phenoxy) is 2. The normalized spacial score (nSPS) is 24.3. The minimum atomic E-state index is -1.64. The van der Waals surface area contributed by atoms with E-state index in [1.165, 1.54) is 23.0 Å². The topological polar surface area (TPSA) is 142 Å². The van der Waals surface area contributed by atoms with Crippen LogP contribution in [0.5, 0.6) is 11.5 Å². The predicted octanol–water partition coefficient (Wildman–Crippen LogP) is 0.687. The van der Waals surface area contributed by atoms with Gasteiger partial charge in [0, 0.05) is 26.1 Å². The average Bonchev–Trinajstić information content (AvgIpc) is 3.53. The number of carbonyl (C=O) groups is 4. The van der Waals surface area contributed by atoms with Crippen molar-refractivity contribution in [3.8, 4) is 11.5 Å². The van der Waals surface area contributed by atoms with E-state index >= 15 is 0 Å². The number of urea groups is 2. The van der Waals surface area contributed by atoms with Crippen molar-refractivity contribution in [3.63, 3.8) is 0 Å². The average molecular weight is 510 g/mol. The van der Waals surface area contributed by atoms with Crippen LogP contribution >= 0.6 is 0 Å². The Balaban J connectivity index is 1.29. The summed E-state index contributed by atoms with van der Waals surface area (Å²) < 4.78 is 25.9. The molecule has 3 N–H and O–H groups in total. The molecule has 12 nitrogen and oxygen atoms in total. The van der Waals surface area contributed by atoms with Crippen molar-refractivity contribution in [1.29, 1.82) is 0 Å². The third-order valence-corrected chi connectivity index (χ3v) is 7.16. The molecule has 2 atom stereocenters. The van der Waals surface area contributed by atoms with Gasteiger partial charge in [-0.2, -0.15) is 0 Å². The summed E-state index contributed by atoms with van der Waals surface area (Å²) in [6.45, 7) is 0.911. The smallest absolute Gasteiger partial charge is 0.323 e. The van der Waals surface area contributed by atoms with Gasteiger partial charge in [0.25, 0.3) is 11.8 Å².